The minimum absolute atomic E-state index is 0.259. The second-order valence-electron chi connectivity index (χ2n) is 4.19. The van der Waals surface area contributed by atoms with E-state index in [-0.39, 0.29) is 6.61 Å². The van der Waals surface area contributed by atoms with Gasteiger partial charge in [-0.15, -0.1) is 0 Å². The third-order valence-electron chi connectivity index (χ3n) is 2.79. The third kappa shape index (κ3) is 3.76. The zero-order chi connectivity index (χ0) is 16.6. The van der Waals surface area contributed by atoms with Crippen molar-refractivity contribution in [3.63, 3.8) is 0 Å². The molecule has 1 atom stereocenters. The Hall–Kier alpha value is -2.09. The molecular weight excluding hydrogens is 295 g/mol. The third-order valence-corrected chi connectivity index (χ3v) is 4.84. The summed E-state index contributed by atoms with van der Waals surface area (Å²) in [6.45, 7) is 16.8. The molecule has 0 saturated carbocycles. The van der Waals surface area contributed by atoms with Crippen molar-refractivity contribution in [1.82, 2.24) is 0 Å². The largest absolute Gasteiger partial charge is 0.421 e. The van der Waals surface area contributed by atoms with Crippen molar-refractivity contribution in [3.8, 4) is 0 Å². The number of rotatable bonds is 7. The average molecular weight is 316 g/mol. The SMILES string of the molecule is C=C/C=C\C1=C(C=C)P(=O)(OCC)OC(=C/C=C)/C1=C\C=C. The molecule has 0 fully saturated rings. The standard InChI is InChI=1S/C18H21O3P/c1-6-11-14-16-15(12-7-2)17(13-8-3)21-22(19,20-10-5)18(16)9-4/h6-9,11-14H,1-4,10H2,5H3/b14-11-,15-12-,17-13+. The van der Waals surface area contributed by atoms with Crippen LogP contribution in [-0.4, -0.2) is 6.61 Å². The van der Waals surface area contributed by atoms with Crippen LogP contribution in [0.25, 0.3) is 0 Å². The summed E-state index contributed by atoms with van der Waals surface area (Å²) in [6.07, 6.45) is 13.3. The smallest absolute Gasteiger partial charge is 0.411 e. The molecule has 0 N–H and O–H groups in total. The molecule has 0 aromatic rings. The van der Waals surface area contributed by atoms with Crippen LogP contribution in [0.5, 0.6) is 0 Å². The van der Waals surface area contributed by atoms with Crippen LogP contribution in [0.2, 0.25) is 0 Å². The highest BCUT2D eigenvalue weighted by Crippen LogP contribution is 2.63. The topological polar surface area (TPSA) is 35.5 Å². The van der Waals surface area contributed by atoms with Gasteiger partial charge < -0.3 is 4.52 Å². The lowest BCUT2D eigenvalue weighted by atomic mass is 10.0. The molecular formula is C18H21O3P. The van der Waals surface area contributed by atoms with Crippen LogP contribution in [0, 0.1) is 0 Å². The zero-order valence-corrected chi connectivity index (χ0v) is 13.7. The van der Waals surface area contributed by atoms with Crippen LogP contribution >= 0.6 is 7.60 Å². The second kappa shape index (κ2) is 8.38. The van der Waals surface area contributed by atoms with Gasteiger partial charge in [0.05, 0.1) is 11.9 Å². The van der Waals surface area contributed by atoms with Crippen molar-refractivity contribution in [2.45, 2.75) is 6.92 Å². The summed E-state index contributed by atoms with van der Waals surface area (Å²) in [5, 5.41) is 0.418. The molecule has 4 heteroatoms. The van der Waals surface area contributed by atoms with Crippen molar-refractivity contribution in [3.05, 3.63) is 97.1 Å². The lowest BCUT2D eigenvalue weighted by Gasteiger charge is -2.29. The van der Waals surface area contributed by atoms with Gasteiger partial charge in [-0.2, -0.15) is 0 Å². The van der Waals surface area contributed by atoms with Gasteiger partial charge in [0.25, 0.3) is 0 Å². The molecule has 0 amide bonds. The fourth-order valence-corrected chi connectivity index (χ4v) is 3.75. The summed E-state index contributed by atoms with van der Waals surface area (Å²) in [4.78, 5) is 0. The summed E-state index contributed by atoms with van der Waals surface area (Å²) in [5.41, 5.74) is 1.43. The van der Waals surface area contributed by atoms with Crippen molar-refractivity contribution in [1.29, 1.82) is 0 Å². The van der Waals surface area contributed by atoms with Crippen molar-refractivity contribution in [2.24, 2.45) is 0 Å². The minimum atomic E-state index is -3.48. The Bertz CT molecular complexity index is 645. The molecule has 0 spiro atoms. The molecule has 1 aliphatic rings. The highest BCUT2D eigenvalue weighted by molar-refractivity contribution is 7.59. The molecule has 0 aromatic heterocycles. The normalized spacial score (nSPS) is 25.3. The Kier molecular flexibility index (Phi) is 6.84. The van der Waals surface area contributed by atoms with Gasteiger partial charge in [0.15, 0.2) is 0 Å². The summed E-state index contributed by atoms with van der Waals surface area (Å²) in [5.74, 6) is 0.418. The van der Waals surface area contributed by atoms with Gasteiger partial charge in [-0.1, -0.05) is 68.8 Å². The van der Waals surface area contributed by atoms with Crippen LogP contribution in [0.1, 0.15) is 6.92 Å². The summed E-state index contributed by atoms with van der Waals surface area (Å²) < 4.78 is 24.1. The van der Waals surface area contributed by atoms with Gasteiger partial charge >= 0.3 is 7.60 Å². The molecule has 22 heavy (non-hydrogen) atoms. The Morgan fingerprint density at radius 2 is 1.82 bits per heavy atom. The number of allylic oxidation sites excluding steroid dienone is 10. The number of hydrogen-bond donors (Lipinski definition) is 0. The van der Waals surface area contributed by atoms with Crippen LogP contribution in [0.15, 0.2) is 97.1 Å². The first-order valence-electron chi connectivity index (χ1n) is 6.84. The minimum Gasteiger partial charge on any atom is -0.421 e. The molecule has 1 heterocycles. The summed E-state index contributed by atoms with van der Waals surface area (Å²) in [7, 11) is -3.48. The van der Waals surface area contributed by atoms with E-state index in [9.17, 15) is 4.57 Å². The van der Waals surface area contributed by atoms with Crippen LogP contribution in [0.4, 0.5) is 0 Å². The highest BCUT2D eigenvalue weighted by atomic mass is 31.2. The average Bonchev–Trinajstić information content (AvgIpc) is 2.48. The van der Waals surface area contributed by atoms with E-state index in [1.54, 1.807) is 49.5 Å². The van der Waals surface area contributed by atoms with E-state index in [2.05, 4.69) is 26.3 Å². The Labute approximate surface area is 132 Å². The van der Waals surface area contributed by atoms with Crippen molar-refractivity contribution >= 4 is 7.60 Å². The Morgan fingerprint density at radius 3 is 2.32 bits per heavy atom. The second-order valence-corrected chi connectivity index (χ2v) is 6.10. The molecule has 0 bridgehead atoms. The molecule has 1 unspecified atom stereocenters. The first kappa shape index (κ1) is 18.0. The lowest BCUT2D eigenvalue weighted by molar-refractivity contribution is 0.257. The van der Waals surface area contributed by atoms with E-state index < -0.39 is 7.60 Å². The maximum absolute atomic E-state index is 13.0. The van der Waals surface area contributed by atoms with E-state index in [0.717, 1.165) is 5.57 Å². The molecule has 1 rings (SSSR count). The van der Waals surface area contributed by atoms with Gasteiger partial charge in [0, 0.05) is 11.1 Å². The van der Waals surface area contributed by atoms with E-state index in [0.29, 0.717) is 16.6 Å². The summed E-state index contributed by atoms with van der Waals surface area (Å²) in [6, 6.07) is 0. The number of hydrogen-bond acceptors (Lipinski definition) is 3. The van der Waals surface area contributed by atoms with Crippen LogP contribution in [0.3, 0.4) is 0 Å². The van der Waals surface area contributed by atoms with Crippen LogP contribution < -0.4 is 0 Å². The maximum Gasteiger partial charge on any atom is 0.411 e. The van der Waals surface area contributed by atoms with Gasteiger partial charge in [0.1, 0.15) is 5.76 Å². The van der Waals surface area contributed by atoms with Gasteiger partial charge in [-0.25, -0.2) is 4.57 Å². The fraction of sp³-hybridized carbons (Fsp3) is 0.111. The molecule has 1 aliphatic heterocycles. The van der Waals surface area contributed by atoms with Crippen LogP contribution in [-0.2, 0) is 13.6 Å². The first-order valence-corrected chi connectivity index (χ1v) is 8.38. The first-order chi connectivity index (χ1) is 10.6. The van der Waals surface area contributed by atoms with E-state index >= 15 is 0 Å². The monoisotopic (exact) mass is 316 g/mol. The Morgan fingerprint density at radius 1 is 1.14 bits per heavy atom. The van der Waals surface area contributed by atoms with E-state index in [4.69, 9.17) is 9.05 Å². The predicted octanol–water partition coefficient (Wildman–Crippen LogP) is 5.61. The lowest BCUT2D eigenvalue weighted by Crippen LogP contribution is -2.09. The summed E-state index contributed by atoms with van der Waals surface area (Å²) >= 11 is 0. The van der Waals surface area contributed by atoms with Crippen molar-refractivity contribution in [2.75, 3.05) is 6.61 Å². The van der Waals surface area contributed by atoms with Gasteiger partial charge in [0.2, 0.25) is 0 Å². The van der Waals surface area contributed by atoms with Gasteiger partial charge in [-0.05, 0) is 13.0 Å². The zero-order valence-electron chi connectivity index (χ0n) is 12.8. The predicted molar refractivity (Wildman–Crippen MR) is 93.4 cm³/mol. The Balaban J connectivity index is 3.74. The van der Waals surface area contributed by atoms with Gasteiger partial charge in [-0.3, -0.25) is 4.52 Å². The highest BCUT2D eigenvalue weighted by Gasteiger charge is 2.38. The maximum atomic E-state index is 13.0. The van der Waals surface area contributed by atoms with Crippen molar-refractivity contribution < 1.29 is 13.6 Å². The molecule has 0 radical (unpaired) electrons. The molecule has 0 saturated heterocycles. The molecule has 3 nitrogen and oxygen atoms in total. The van der Waals surface area contributed by atoms with E-state index in [1.807, 2.05) is 0 Å². The molecule has 116 valence electrons. The molecule has 0 aliphatic carbocycles. The quantitative estimate of drug-likeness (QED) is 0.452. The molecule has 0 aromatic carbocycles. The fourth-order valence-electron chi connectivity index (χ4n) is 1.99. The van der Waals surface area contributed by atoms with E-state index in [1.165, 1.54) is 6.08 Å².